The molecule has 5 heteroatoms. The van der Waals surface area contributed by atoms with Crippen LogP contribution in [0.4, 0.5) is 0 Å². The van der Waals surface area contributed by atoms with Crippen LogP contribution in [-0.2, 0) is 10.1 Å². The van der Waals surface area contributed by atoms with E-state index in [0.717, 1.165) is 0 Å². The Balaban J connectivity index is 0.00000169. The summed E-state index contributed by atoms with van der Waals surface area (Å²) in [6, 6.07) is 8.51. The average molecular weight is 208 g/mol. The summed E-state index contributed by atoms with van der Waals surface area (Å²) in [7, 11) is -3.38. The SMILES string of the molecule is CCCS(=O)(=O)Oc1ccccc1.[LiH]. The third-order valence-corrected chi connectivity index (χ3v) is 2.78. The fraction of sp³-hybridized carbons (Fsp3) is 0.333. The van der Waals surface area contributed by atoms with Crippen molar-refractivity contribution < 1.29 is 12.6 Å². The van der Waals surface area contributed by atoms with Gasteiger partial charge in [-0.1, -0.05) is 25.1 Å². The molecule has 0 aromatic heterocycles. The van der Waals surface area contributed by atoms with Crippen molar-refractivity contribution in [2.45, 2.75) is 13.3 Å². The van der Waals surface area contributed by atoms with E-state index in [0.29, 0.717) is 12.2 Å². The van der Waals surface area contributed by atoms with E-state index in [-0.39, 0.29) is 24.6 Å². The van der Waals surface area contributed by atoms with Gasteiger partial charge in [-0.05, 0) is 18.6 Å². The summed E-state index contributed by atoms with van der Waals surface area (Å²) in [6.45, 7) is 1.80. The molecule has 0 N–H and O–H groups in total. The van der Waals surface area contributed by atoms with E-state index in [2.05, 4.69) is 0 Å². The van der Waals surface area contributed by atoms with E-state index in [1.165, 1.54) is 0 Å². The van der Waals surface area contributed by atoms with Gasteiger partial charge in [0.1, 0.15) is 5.75 Å². The summed E-state index contributed by atoms with van der Waals surface area (Å²) < 4.78 is 27.2. The fourth-order valence-electron chi connectivity index (χ4n) is 0.914. The Kier molecular flexibility index (Phi) is 5.94. The molecule has 3 nitrogen and oxygen atoms in total. The molecule has 0 unspecified atom stereocenters. The summed E-state index contributed by atoms with van der Waals surface area (Å²) in [5.41, 5.74) is 0. The monoisotopic (exact) mass is 208 g/mol. The van der Waals surface area contributed by atoms with Gasteiger partial charge >= 0.3 is 29.0 Å². The number of hydrogen-bond donors (Lipinski definition) is 0. The molecule has 0 radical (unpaired) electrons. The van der Waals surface area contributed by atoms with Gasteiger partial charge in [-0.25, -0.2) is 0 Å². The third-order valence-electron chi connectivity index (χ3n) is 1.42. The van der Waals surface area contributed by atoms with Gasteiger partial charge in [0.2, 0.25) is 0 Å². The van der Waals surface area contributed by atoms with Crippen LogP contribution >= 0.6 is 0 Å². The molecule has 74 valence electrons. The quantitative estimate of drug-likeness (QED) is 0.550. The molecule has 0 spiro atoms. The van der Waals surface area contributed by atoms with E-state index in [1.807, 2.05) is 0 Å². The Labute approximate surface area is 96.8 Å². The molecule has 0 fully saturated rings. The van der Waals surface area contributed by atoms with E-state index in [1.54, 1.807) is 37.3 Å². The molecule has 0 atom stereocenters. The van der Waals surface area contributed by atoms with Crippen LogP contribution in [0.3, 0.4) is 0 Å². The Morgan fingerprint density at radius 3 is 2.29 bits per heavy atom. The number of rotatable bonds is 4. The molecule has 0 aliphatic carbocycles. The zero-order valence-electron chi connectivity index (χ0n) is 7.43. The molecule has 1 aromatic carbocycles. The predicted octanol–water partition coefficient (Wildman–Crippen LogP) is 1.16. The van der Waals surface area contributed by atoms with E-state index < -0.39 is 10.1 Å². The maximum absolute atomic E-state index is 11.2. The normalized spacial score (nSPS) is 10.4. The van der Waals surface area contributed by atoms with Crippen molar-refractivity contribution in [3.05, 3.63) is 30.3 Å². The van der Waals surface area contributed by atoms with Crippen molar-refractivity contribution in [2.75, 3.05) is 5.75 Å². The van der Waals surface area contributed by atoms with Crippen LogP contribution < -0.4 is 4.18 Å². The van der Waals surface area contributed by atoms with Gasteiger partial charge in [0.15, 0.2) is 0 Å². The Hall–Kier alpha value is -0.433. The molecule has 1 aromatic rings. The molecule has 0 bridgehead atoms. The van der Waals surface area contributed by atoms with Crippen molar-refractivity contribution in [3.8, 4) is 5.75 Å². The first-order valence-corrected chi connectivity index (χ1v) is 5.69. The van der Waals surface area contributed by atoms with Crippen molar-refractivity contribution in [3.63, 3.8) is 0 Å². The second-order valence-electron chi connectivity index (χ2n) is 2.66. The van der Waals surface area contributed by atoms with Gasteiger partial charge in [0, 0.05) is 0 Å². The summed E-state index contributed by atoms with van der Waals surface area (Å²) in [5, 5.41) is 0. The van der Waals surface area contributed by atoms with Gasteiger partial charge in [0.05, 0.1) is 5.75 Å². The van der Waals surface area contributed by atoms with Gasteiger partial charge in [-0.3, -0.25) is 0 Å². The number of benzene rings is 1. The van der Waals surface area contributed by atoms with Crippen molar-refractivity contribution in [1.29, 1.82) is 0 Å². The molecular weight excluding hydrogens is 195 g/mol. The van der Waals surface area contributed by atoms with Gasteiger partial charge in [-0.15, -0.1) is 0 Å². The van der Waals surface area contributed by atoms with E-state index in [9.17, 15) is 8.42 Å². The predicted molar refractivity (Wildman–Crippen MR) is 58.3 cm³/mol. The first-order valence-electron chi connectivity index (χ1n) is 4.11. The van der Waals surface area contributed by atoms with Crippen LogP contribution in [0.2, 0.25) is 0 Å². The Morgan fingerprint density at radius 1 is 1.21 bits per heavy atom. The molecule has 1 rings (SSSR count). The first-order chi connectivity index (χ1) is 6.14. The van der Waals surface area contributed by atoms with Crippen LogP contribution in [0, 0.1) is 0 Å². The standard InChI is InChI=1S/C9H12O3S.Li.H/c1-2-8-13(10,11)12-9-6-4-3-5-7-9;;/h3-7H,2,8H2,1H3;;. The third kappa shape index (κ3) is 4.71. The topological polar surface area (TPSA) is 43.4 Å². The van der Waals surface area contributed by atoms with Crippen LogP contribution in [0.5, 0.6) is 5.75 Å². The second kappa shape index (κ2) is 6.13. The van der Waals surface area contributed by atoms with Crippen LogP contribution in [0.1, 0.15) is 13.3 Å². The Bertz CT molecular complexity index is 348. The molecule has 0 aliphatic heterocycles. The molecular formula is C9H13LiO3S. The van der Waals surface area contributed by atoms with Crippen molar-refractivity contribution >= 4 is 29.0 Å². The number of para-hydroxylation sites is 1. The fourth-order valence-corrected chi connectivity index (χ4v) is 1.90. The molecule has 0 aliphatic rings. The minimum atomic E-state index is -3.38. The number of hydrogen-bond acceptors (Lipinski definition) is 3. The van der Waals surface area contributed by atoms with Crippen LogP contribution in [0.25, 0.3) is 0 Å². The molecule has 0 saturated heterocycles. The van der Waals surface area contributed by atoms with Gasteiger partial charge in [0.25, 0.3) is 0 Å². The zero-order chi connectivity index (χ0) is 9.73. The van der Waals surface area contributed by atoms with Crippen LogP contribution in [-0.4, -0.2) is 33.0 Å². The summed E-state index contributed by atoms with van der Waals surface area (Å²) in [6.07, 6.45) is 0.565. The first kappa shape index (κ1) is 13.6. The molecule has 0 heterocycles. The minimum absolute atomic E-state index is 0. The Morgan fingerprint density at radius 2 is 1.79 bits per heavy atom. The second-order valence-corrected chi connectivity index (χ2v) is 4.35. The van der Waals surface area contributed by atoms with Crippen molar-refractivity contribution in [2.24, 2.45) is 0 Å². The molecule has 0 amide bonds. The van der Waals surface area contributed by atoms with E-state index in [4.69, 9.17) is 4.18 Å². The van der Waals surface area contributed by atoms with Gasteiger partial charge < -0.3 is 4.18 Å². The van der Waals surface area contributed by atoms with E-state index >= 15 is 0 Å². The molecule has 0 saturated carbocycles. The summed E-state index contributed by atoms with van der Waals surface area (Å²) >= 11 is 0. The van der Waals surface area contributed by atoms with Crippen LogP contribution in [0.15, 0.2) is 30.3 Å². The summed E-state index contributed by atoms with van der Waals surface area (Å²) in [5.74, 6) is 0.429. The summed E-state index contributed by atoms with van der Waals surface area (Å²) in [4.78, 5) is 0. The average Bonchev–Trinajstić information content (AvgIpc) is 2.04. The maximum atomic E-state index is 11.2. The van der Waals surface area contributed by atoms with Gasteiger partial charge in [-0.2, -0.15) is 8.42 Å². The van der Waals surface area contributed by atoms with Crippen molar-refractivity contribution in [1.82, 2.24) is 0 Å². The molecule has 14 heavy (non-hydrogen) atoms. The zero-order valence-corrected chi connectivity index (χ0v) is 8.25.